The number of amides is 2. The standard InChI is InChI=1S/C27H33N3O2/c1-26(2,22-8-4-3-5-9-22)24(31)30-23-20-11-19-12-21(23)15-27(13-19,14-20)25(32)29-17-18-7-6-10-28-16-18/h3-10,16,19-21,23H,11-15,17H2,1-2H3,(H,29,32)(H,30,31)/t19?,20-,21+,23?,27?. The van der Waals surface area contributed by atoms with Gasteiger partial charge in [0.1, 0.15) is 0 Å². The molecule has 2 N–H and O–H groups in total. The van der Waals surface area contributed by atoms with Crippen LogP contribution in [0.25, 0.3) is 0 Å². The van der Waals surface area contributed by atoms with Crippen molar-refractivity contribution in [1.29, 1.82) is 0 Å². The van der Waals surface area contributed by atoms with Crippen molar-refractivity contribution in [1.82, 2.24) is 15.6 Å². The minimum Gasteiger partial charge on any atom is -0.352 e. The summed E-state index contributed by atoms with van der Waals surface area (Å²) in [7, 11) is 0. The number of pyridine rings is 1. The fraction of sp³-hybridized carbons (Fsp3) is 0.519. The lowest BCUT2D eigenvalue weighted by Gasteiger charge is -2.59. The Balaban J connectivity index is 1.27. The molecule has 32 heavy (non-hydrogen) atoms. The Bertz CT molecular complexity index is 972. The van der Waals surface area contributed by atoms with E-state index in [-0.39, 0.29) is 23.3 Å². The molecule has 1 aromatic heterocycles. The third-order valence-corrected chi connectivity index (χ3v) is 8.29. The second-order valence-electron chi connectivity index (χ2n) is 10.8. The van der Waals surface area contributed by atoms with Gasteiger partial charge in [-0.3, -0.25) is 14.6 Å². The molecule has 5 nitrogen and oxygen atoms in total. The van der Waals surface area contributed by atoms with Gasteiger partial charge in [-0.05, 0) is 80.9 Å². The smallest absolute Gasteiger partial charge is 0.230 e. The summed E-state index contributed by atoms with van der Waals surface area (Å²) in [5, 5.41) is 6.63. The maximum Gasteiger partial charge on any atom is 0.230 e. The van der Waals surface area contributed by atoms with Crippen LogP contribution in [-0.4, -0.2) is 22.8 Å². The van der Waals surface area contributed by atoms with Gasteiger partial charge in [-0.25, -0.2) is 0 Å². The van der Waals surface area contributed by atoms with Crippen LogP contribution in [-0.2, 0) is 21.5 Å². The van der Waals surface area contributed by atoms with Gasteiger partial charge in [-0.1, -0.05) is 36.4 Å². The number of hydrogen-bond donors (Lipinski definition) is 2. The molecule has 2 amide bonds. The van der Waals surface area contributed by atoms with E-state index in [2.05, 4.69) is 15.6 Å². The molecule has 0 aliphatic heterocycles. The molecule has 0 saturated heterocycles. The van der Waals surface area contributed by atoms with Crippen molar-refractivity contribution in [2.45, 2.75) is 64.0 Å². The van der Waals surface area contributed by atoms with Gasteiger partial charge in [0.15, 0.2) is 0 Å². The van der Waals surface area contributed by atoms with Crippen molar-refractivity contribution < 1.29 is 9.59 Å². The molecule has 3 unspecified atom stereocenters. The Labute approximate surface area is 190 Å². The van der Waals surface area contributed by atoms with E-state index >= 15 is 0 Å². The highest BCUT2D eigenvalue weighted by Gasteiger charge is 2.58. The second-order valence-corrected chi connectivity index (χ2v) is 10.8. The van der Waals surface area contributed by atoms with Gasteiger partial charge in [-0.15, -0.1) is 0 Å². The van der Waals surface area contributed by atoms with E-state index in [4.69, 9.17) is 0 Å². The molecule has 5 atom stereocenters. The lowest BCUT2D eigenvalue weighted by atomic mass is 9.47. The maximum absolute atomic E-state index is 13.3. The van der Waals surface area contributed by atoms with E-state index in [0.717, 1.165) is 43.2 Å². The first kappa shape index (κ1) is 21.2. The summed E-state index contributed by atoms with van der Waals surface area (Å²) in [6.07, 6.45) is 8.58. The molecule has 0 spiro atoms. The molecule has 4 saturated carbocycles. The highest BCUT2D eigenvalue weighted by Crippen LogP contribution is 2.60. The number of hydrogen-bond acceptors (Lipinski definition) is 3. The Morgan fingerprint density at radius 2 is 1.75 bits per heavy atom. The van der Waals surface area contributed by atoms with Gasteiger partial charge < -0.3 is 10.6 Å². The summed E-state index contributed by atoms with van der Waals surface area (Å²) in [6.45, 7) is 4.53. The number of nitrogens with one attached hydrogen (secondary N) is 2. The third kappa shape index (κ3) is 3.72. The normalized spacial score (nSPS) is 30.7. The average molecular weight is 432 g/mol. The molecule has 5 heteroatoms. The average Bonchev–Trinajstić information content (AvgIpc) is 2.80. The Kier molecular flexibility index (Phi) is 5.31. The van der Waals surface area contributed by atoms with E-state index in [9.17, 15) is 9.59 Å². The van der Waals surface area contributed by atoms with Crippen LogP contribution in [0.1, 0.15) is 57.1 Å². The van der Waals surface area contributed by atoms with Crippen molar-refractivity contribution in [3.05, 3.63) is 66.0 Å². The van der Waals surface area contributed by atoms with E-state index < -0.39 is 5.41 Å². The lowest BCUT2D eigenvalue weighted by Crippen LogP contribution is -2.63. The molecule has 0 radical (unpaired) electrons. The largest absolute Gasteiger partial charge is 0.352 e. The summed E-state index contributed by atoms with van der Waals surface area (Å²) < 4.78 is 0. The number of nitrogens with zero attached hydrogens (tertiary/aromatic N) is 1. The number of benzene rings is 1. The monoisotopic (exact) mass is 431 g/mol. The van der Waals surface area contributed by atoms with Gasteiger partial charge in [0, 0.05) is 25.0 Å². The van der Waals surface area contributed by atoms with Gasteiger partial charge in [-0.2, -0.15) is 0 Å². The fourth-order valence-electron chi connectivity index (χ4n) is 6.73. The molecule has 1 aromatic carbocycles. The Hall–Kier alpha value is -2.69. The quantitative estimate of drug-likeness (QED) is 0.727. The molecule has 6 rings (SSSR count). The molecule has 4 aliphatic rings. The number of carbonyl (C=O) groups excluding carboxylic acids is 2. The van der Waals surface area contributed by atoms with Crippen molar-refractivity contribution in [2.24, 2.45) is 23.2 Å². The summed E-state index contributed by atoms with van der Waals surface area (Å²) in [5.41, 5.74) is 1.22. The van der Waals surface area contributed by atoms with Gasteiger partial charge >= 0.3 is 0 Å². The SMILES string of the molecule is CC(C)(C(=O)NC1[C@@H]2CC3C[C@H]1CC(C(=O)NCc1cccnc1)(C3)C2)c1ccccc1. The molecule has 168 valence electrons. The predicted octanol–water partition coefficient (Wildman–Crippen LogP) is 3.99. The minimum atomic E-state index is -0.575. The first-order valence-electron chi connectivity index (χ1n) is 11.9. The first-order chi connectivity index (χ1) is 15.4. The van der Waals surface area contributed by atoms with Gasteiger partial charge in [0.25, 0.3) is 0 Å². The molecule has 4 fully saturated rings. The van der Waals surface area contributed by atoms with Gasteiger partial charge in [0.05, 0.1) is 10.8 Å². The summed E-state index contributed by atoms with van der Waals surface area (Å²) >= 11 is 0. The first-order valence-corrected chi connectivity index (χ1v) is 11.9. The highest BCUT2D eigenvalue weighted by molar-refractivity contribution is 5.88. The van der Waals surface area contributed by atoms with Crippen molar-refractivity contribution in [3.8, 4) is 0 Å². The van der Waals surface area contributed by atoms with Crippen molar-refractivity contribution in [2.75, 3.05) is 0 Å². The molecular formula is C27H33N3O2. The topological polar surface area (TPSA) is 71.1 Å². The van der Waals surface area contributed by atoms with Crippen LogP contribution >= 0.6 is 0 Å². The van der Waals surface area contributed by atoms with Crippen LogP contribution < -0.4 is 10.6 Å². The zero-order valence-electron chi connectivity index (χ0n) is 19.0. The number of carbonyl (C=O) groups is 2. The molecular weight excluding hydrogens is 398 g/mol. The number of aromatic nitrogens is 1. The van der Waals surface area contributed by atoms with Crippen LogP contribution in [0.2, 0.25) is 0 Å². The van der Waals surface area contributed by atoms with E-state index in [1.165, 1.54) is 0 Å². The molecule has 2 aromatic rings. The van der Waals surface area contributed by atoms with E-state index in [1.807, 2.05) is 56.3 Å². The van der Waals surface area contributed by atoms with Gasteiger partial charge in [0.2, 0.25) is 11.8 Å². The van der Waals surface area contributed by atoms with Crippen LogP contribution in [0.15, 0.2) is 54.9 Å². The van der Waals surface area contributed by atoms with Crippen LogP contribution in [0.4, 0.5) is 0 Å². The van der Waals surface area contributed by atoms with Crippen molar-refractivity contribution in [3.63, 3.8) is 0 Å². The molecule has 4 bridgehead atoms. The van der Waals surface area contributed by atoms with Crippen molar-refractivity contribution >= 4 is 11.8 Å². The predicted molar refractivity (Wildman–Crippen MR) is 123 cm³/mol. The highest BCUT2D eigenvalue weighted by atomic mass is 16.2. The zero-order valence-corrected chi connectivity index (χ0v) is 19.0. The van der Waals surface area contributed by atoms with Crippen LogP contribution in [0.3, 0.4) is 0 Å². The Morgan fingerprint density at radius 1 is 1.03 bits per heavy atom. The van der Waals surface area contributed by atoms with E-state index in [0.29, 0.717) is 24.3 Å². The fourth-order valence-corrected chi connectivity index (χ4v) is 6.73. The van der Waals surface area contributed by atoms with E-state index in [1.54, 1.807) is 12.4 Å². The summed E-state index contributed by atoms with van der Waals surface area (Å²) in [4.78, 5) is 30.8. The zero-order chi connectivity index (χ0) is 22.3. The molecule has 1 heterocycles. The minimum absolute atomic E-state index is 0.0938. The second kappa shape index (κ2) is 8.02. The number of rotatable bonds is 6. The van der Waals surface area contributed by atoms with Crippen LogP contribution in [0.5, 0.6) is 0 Å². The lowest BCUT2D eigenvalue weighted by molar-refractivity contribution is -0.151. The Morgan fingerprint density at radius 3 is 2.41 bits per heavy atom. The third-order valence-electron chi connectivity index (χ3n) is 8.29. The van der Waals surface area contributed by atoms with Crippen LogP contribution in [0, 0.1) is 23.2 Å². The molecule has 4 aliphatic carbocycles. The summed E-state index contributed by atoms with van der Waals surface area (Å²) in [5.74, 6) is 1.67. The summed E-state index contributed by atoms with van der Waals surface area (Å²) in [6, 6.07) is 14.1. The maximum atomic E-state index is 13.3.